The fourth-order valence-electron chi connectivity index (χ4n) is 1.94. The number of aromatic amines is 1. The fourth-order valence-corrected chi connectivity index (χ4v) is 2.54. The highest BCUT2D eigenvalue weighted by Gasteiger charge is 2.37. The van der Waals surface area contributed by atoms with Crippen LogP contribution >= 0.6 is 11.8 Å². The van der Waals surface area contributed by atoms with E-state index >= 15 is 0 Å². The second kappa shape index (κ2) is 7.79. The van der Waals surface area contributed by atoms with E-state index in [0.717, 1.165) is 11.8 Å². The second-order valence-electron chi connectivity index (χ2n) is 5.79. The number of carbonyl (C=O) groups excluding carboxylic acids is 1. The van der Waals surface area contributed by atoms with Crippen LogP contribution in [0, 0.1) is 0 Å². The Morgan fingerprint density at radius 3 is 2.11 bits per heavy atom. The van der Waals surface area contributed by atoms with Crippen molar-refractivity contribution >= 4 is 23.4 Å². The standard InChI is InChI=1S/C15H14F6N4OS/c1-7(2)12-23-13(25-24-12)27-6-11(26)22-10-4-8(14(16,17)18)3-9(5-10)15(19,20)21/h3-5,7H,6H2,1-2H3,(H,22,26)(H,23,24,25). The first kappa shape index (κ1) is 21.1. The number of nitrogens with one attached hydrogen (secondary N) is 2. The average molecular weight is 412 g/mol. The summed E-state index contributed by atoms with van der Waals surface area (Å²) in [4.78, 5) is 16.0. The van der Waals surface area contributed by atoms with Crippen molar-refractivity contribution in [3.05, 3.63) is 35.2 Å². The highest BCUT2D eigenvalue weighted by atomic mass is 32.2. The summed E-state index contributed by atoms with van der Waals surface area (Å²) in [7, 11) is 0. The van der Waals surface area contributed by atoms with Crippen molar-refractivity contribution < 1.29 is 31.1 Å². The Morgan fingerprint density at radius 1 is 1.11 bits per heavy atom. The normalized spacial score (nSPS) is 12.5. The number of carbonyl (C=O) groups is 1. The number of alkyl halides is 6. The fraction of sp³-hybridized carbons (Fsp3) is 0.400. The van der Waals surface area contributed by atoms with Crippen LogP contribution in [0.3, 0.4) is 0 Å². The molecule has 1 aromatic carbocycles. The van der Waals surface area contributed by atoms with E-state index in [1.54, 1.807) is 0 Å². The van der Waals surface area contributed by atoms with Gasteiger partial charge in [0.2, 0.25) is 11.1 Å². The van der Waals surface area contributed by atoms with E-state index in [0.29, 0.717) is 18.0 Å². The van der Waals surface area contributed by atoms with E-state index in [1.165, 1.54) is 0 Å². The van der Waals surface area contributed by atoms with Crippen molar-refractivity contribution in [2.75, 3.05) is 11.1 Å². The van der Waals surface area contributed by atoms with Gasteiger partial charge in [-0.15, -0.1) is 5.10 Å². The summed E-state index contributed by atoms with van der Waals surface area (Å²) in [6.07, 6.45) is -9.97. The smallest absolute Gasteiger partial charge is 0.325 e. The predicted molar refractivity (Wildman–Crippen MR) is 86.3 cm³/mol. The molecule has 1 amide bonds. The highest BCUT2D eigenvalue weighted by Crippen LogP contribution is 2.37. The molecule has 148 valence electrons. The third kappa shape index (κ3) is 5.88. The van der Waals surface area contributed by atoms with Gasteiger partial charge >= 0.3 is 12.4 Å². The zero-order valence-electron chi connectivity index (χ0n) is 14.0. The molecule has 0 unspecified atom stereocenters. The monoisotopic (exact) mass is 412 g/mol. The molecule has 0 fully saturated rings. The minimum atomic E-state index is -4.98. The van der Waals surface area contributed by atoms with E-state index in [9.17, 15) is 31.1 Å². The number of hydrogen-bond acceptors (Lipinski definition) is 4. The zero-order chi connectivity index (χ0) is 20.4. The van der Waals surface area contributed by atoms with Crippen LogP contribution in [0.5, 0.6) is 0 Å². The molecular formula is C15H14F6N4OS. The number of nitrogens with zero attached hydrogens (tertiary/aromatic N) is 2. The van der Waals surface area contributed by atoms with Crippen LogP contribution in [0.25, 0.3) is 0 Å². The zero-order valence-corrected chi connectivity index (χ0v) is 14.8. The van der Waals surface area contributed by atoms with Crippen LogP contribution in [0.1, 0.15) is 36.7 Å². The summed E-state index contributed by atoms with van der Waals surface area (Å²) in [5, 5.41) is 8.81. The van der Waals surface area contributed by atoms with Crippen LogP contribution in [-0.4, -0.2) is 26.8 Å². The number of rotatable bonds is 5. The van der Waals surface area contributed by atoms with Crippen molar-refractivity contribution in [3.8, 4) is 0 Å². The molecule has 5 nitrogen and oxygen atoms in total. The van der Waals surface area contributed by atoms with Gasteiger partial charge in [0, 0.05) is 11.6 Å². The minimum Gasteiger partial charge on any atom is -0.325 e. The lowest BCUT2D eigenvalue weighted by Gasteiger charge is -2.14. The van der Waals surface area contributed by atoms with Gasteiger partial charge in [-0.2, -0.15) is 26.3 Å². The number of halogens is 6. The lowest BCUT2D eigenvalue weighted by atomic mass is 10.1. The molecule has 0 bridgehead atoms. The molecule has 27 heavy (non-hydrogen) atoms. The number of amides is 1. The van der Waals surface area contributed by atoms with E-state index in [1.807, 2.05) is 19.2 Å². The largest absolute Gasteiger partial charge is 0.416 e. The van der Waals surface area contributed by atoms with Crippen molar-refractivity contribution in [1.82, 2.24) is 15.2 Å². The number of H-pyrrole nitrogens is 1. The Morgan fingerprint density at radius 2 is 1.67 bits per heavy atom. The Bertz CT molecular complexity index is 783. The summed E-state index contributed by atoms with van der Waals surface area (Å²) >= 11 is 0.896. The summed E-state index contributed by atoms with van der Waals surface area (Å²) in [5.41, 5.74) is -3.60. The van der Waals surface area contributed by atoms with Crippen molar-refractivity contribution in [2.45, 2.75) is 37.3 Å². The van der Waals surface area contributed by atoms with Gasteiger partial charge in [-0.05, 0) is 18.2 Å². The molecule has 0 atom stereocenters. The van der Waals surface area contributed by atoms with Crippen LogP contribution in [0.2, 0.25) is 0 Å². The van der Waals surface area contributed by atoms with Gasteiger partial charge in [0.15, 0.2) is 0 Å². The maximum Gasteiger partial charge on any atom is 0.416 e. The second-order valence-corrected chi connectivity index (χ2v) is 6.73. The Labute approximate surface area is 153 Å². The average Bonchev–Trinajstić information content (AvgIpc) is 3.00. The maximum atomic E-state index is 12.8. The first-order valence-corrected chi connectivity index (χ1v) is 8.49. The molecule has 0 aliphatic rings. The number of thioether (sulfide) groups is 1. The molecule has 2 aromatic rings. The number of hydrogen-bond donors (Lipinski definition) is 2. The molecule has 1 heterocycles. The Balaban J connectivity index is 2.11. The number of aromatic nitrogens is 3. The predicted octanol–water partition coefficient (Wildman–Crippen LogP) is 4.70. The van der Waals surface area contributed by atoms with Gasteiger partial charge in [0.1, 0.15) is 5.82 Å². The van der Waals surface area contributed by atoms with E-state index < -0.39 is 35.1 Å². The summed E-state index contributed by atoms with van der Waals surface area (Å²) in [6, 6.07) is 0.883. The molecule has 1 aromatic heterocycles. The molecule has 0 aliphatic heterocycles. The number of anilines is 1. The molecule has 2 N–H and O–H groups in total. The van der Waals surface area contributed by atoms with Gasteiger partial charge < -0.3 is 5.32 Å². The third-order valence-corrected chi connectivity index (χ3v) is 4.08. The minimum absolute atomic E-state index is 0.00844. The van der Waals surface area contributed by atoms with Gasteiger partial charge in [-0.1, -0.05) is 25.6 Å². The first-order chi connectivity index (χ1) is 12.4. The molecule has 0 saturated carbocycles. The van der Waals surface area contributed by atoms with Gasteiger partial charge in [-0.3, -0.25) is 9.89 Å². The third-order valence-electron chi connectivity index (χ3n) is 3.23. The van der Waals surface area contributed by atoms with Crippen LogP contribution in [0.15, 0.2) is 23.4 Å². The lowest BCUT2D eigenvalue weighted by Crippen LogP contribution is -2.17. The van der Waals surface area contributed by atoms with Gasteiger partial charge in [-0.25, -0.2) is 4.98 Å². The highest BCUT2D eigenvalue weighted by molar-refractivity contribution is 7.99. The summed E-state index contributed by atoms with van der Waals surface area (Å²) in [6.45, 7) is 3.74. The van der Waals surface area contributed by atoms with E-state index in [-0.39, 0.29) is 22.9 Å². The van der Waals surface area contributed by atoms with Crippen molar-refractivity contribution in [1.29, 1.82) is 0 Å². The van der Waals surface area contributed by atoms with Crippen LogP contribution in [0.4, 0.5) is 32.0 Å². The Kier molecular flexibility index (Phi) is 6.07. The quantitative estimate of drug-likeness (QED) is 0.552. The summed E-state index contributed by atoms with van der Waals surface area (Å²) in [5.74, 6) is -0.409. The van der Waals surface area contributed by atoms with Crippen molar-refractivity contribution in [3.63, 3.8) is 0 Å². The van der Waals surface area contributed by atoms with E-state index in [2.05, 4.69) is 15.2 Å². The topological polar surface area (TPSA) is 70.7 Å². The summed E-state index contributed by atoms with van der Waals surface area (Å²) < 4.78 is 76.8. The molecule has 12 heteroatoms. The molecular weight excluding hydrogens is 398 g/mol. The number of benzene rings is 1. The van der Waals surface area contributed by atoms with E-state index in [4.69, 9.17) is 0 Å². The molecule has 0 radical (unpaired) electrons. The van der Waals surface area contributed by atoms with Gasteiger partial charge in [0.05, 0.1) is 16.9 Å². The molecule has 2 rings (SSSR count). The van der Waals surface area contributed by atoms with Crippen LogP contribution < -0.4 is 5.32 Å². The molecule has 0 aliphatic carbocycles. The first-order valence-electron chi connectivity index (χ1n) is 7.50. The van der Waals surface area contributed by atoms with Crippen molar-refractivity contribution in [2.24, 2.45) is 0 Å². The Hall–Kier alpha value is -2.24. The molecule has 0 spiro atoms. The molecule has 0 saturated heterocycles. The van der Waals surface area contributed by atoms with Gasteiger partial charge in [0.25, 0.3) is 0 Å². The SMILES string of the molecule is CC(C)c1nc(SCC(=O)Nc2cc(C(F)(F)F)cc(C(F)(F)F)c2)n[nH]1. The lowest BCUT2D eigenvalue weighted by molar-refractivity contribution is -0.143. The van der Waals surface area contributed by atoms with Crippen LogP contribution in [-0.2, 0) is 17.1 Å². The maximum absolute atomic E-state index is 12.8.